The van der Waals surface area contributed by atoms with Gasteiger partial charge in [0, 0.05) is 11.4 Å². The summed E-state index contributed by atoms with van der Waals surface area (Å²) in [5.41, 5.74) is 0. The van der Waals surface area contributed by atoms with Crippen molar-refractivity contribution in [2.75, 3.05) is 11.4 Å². The molecule has 0 aliphatic heterocycles. The molecular formula is C12H13ClN2S. The summed E-state index contributed by atoms with van der Waals surface area (Å²) in [6.45, 7) is 3.93. The molecule has 0 saturated carbocycles. The lowest BCUT2D eigenvalue weighted by Crippen LogP contribution is -2.22. The highest BCUT2D eigenvalue weighted by atomic mass is 35.5. The fraction of sp³-hybridized carbons (Fsp3) is 0.250. The van der Waals surface area contributed by atoms with Crippen LogP contribution >= 0.6 is 22.9 Å². The van der Waals surface area contributed by atoms with Crippen LogP contribution in [0.1, 0.15) is 11.8 Å². The molecule has 0 radical (unpaired) electrons. The van der Waals surface area contributed by atoms with Gasteiger partial charge in [-0.2, -0.15) is 0 Å². The van der Waals surface area contributed by atoms with E-state index in [0.717, 1.165) is 18.9 Å². The number of anilines is 1. The van der Waals surface area contributed by atoms with Crippen LogP contribution in [-0.2, 0) is 6.54 Å². The van der Waals surface area contributed by atoms with Crippen molar-refractivity contribution >= 4 is 28.8 Å². The SMILES string of the molecule is CCN(Cc1cccs1)c1cccc(Cl)n1. The lowest BCUT2D eigenvalue weighted by atomic mass is 10.3. The Kier molecular flexibility index (Phi) is 3.80. The van der Waals surface area contributed by atoms with Crippen molar-refractivity contribution < 1.29 is 0 Å². The topological polar surface area (TPSA) is 16.1 Å². The second-order valence-corrected chi connectivity index (χ2v) is 4.83. The van der Waals surface area contributed by atoms with E-state index in [-0.39, 0.29) is 0 Å². The van der Waals surface area contributed by atoms with Crippen LogP contribution in [0.15, 0.2) is 35.7 Å². The zero-order chi connectivity index (χ0) is 11.4. The summed E-state index contributed by atoms with van der Waals surface area (Å²) < 4.78 is 0. The highest BCUT2D eigenvalue weighted by molar-refractivity contribution is 7.09. The van der Waals surface area contributed by atoms with Crippen LogP contribution in [0.4, 0.5) is 5.82 Å². The van der Waals surface area contributed by atoms with E-state index in [4.69, 9.17) is 11.6 Å². The number of hydrogen-bond donors (Lipinski definition) is 0. The summed E-state index contributed by atoms with van der Waals surface area (Å²) in [6, 6.07) is 9.92. The second-order valence-electron chi connectivity index (χ2n) is 3.41. The quantitative estimate of drug-likeness (QED) is 0.769. The van der Waals surface area contributed by atoms with Crippen molar-refractivity contribution in [3.8, 4) is 0 Å². The van der Waals surface area contributed by atoms with E-state index in [0.29, 0.717) is 5.15 Å². The molecule has 2 rings (SSSR count). The summed E-state index contributed by atoms with van der Waals surface area (Å²) in [5, 5.41) is 2.64. The average molecular weight is 253 g/mol. The van der Waals surface area contributed by atoms with Crippen LogP contribution in [0, 0.1) is 0 Å². The van der Waals surface area contributed by atoms with E-state index >= 15 is 0 Å². The summed E-state index contributed by atoms with van der Waals surface area (Å²) in [4.78, 5) is 7.86. The van der Waals surface area contributed by atoms with Crippen LogP contribution < -0.4 is 4.90 Å². The van der Waals surface area contributed by atoms with E-state index in [2.05, 4.69) is 34.3 Å². The summed E-state index contributed by atoms with van der Waals surface area (Å²) in [6.07, 6.45) is 0. The standard InChI is InChI=1S/C12H13ClN2S/c1-2-15(9-10-5-4-8-16-10)12-7-3-6-11(13)14-12/h3-8H,2,9H2,1H3. The molecule has 0 aromatic carbocycles. The average Bonchev–Trinajstić information content (AvgIpc) is 2.78. The first-order valence-electron chi connectivity index (χ1n) is 5.19. The Hall–Kier alpha value is -1.06. The Morgan fingerprint density at radius 1 is 1.31 bits per heavy atom. The molecule has 4 heteroatoms. The van der Waals surface area contributed by atoms with Crippen LogP contribution in [0.5, 0.6) is 0 Å². The van der Waals surface area contributed by atoms with Crippen molar-refractivity contribution in [3.05, 3.63) is 45.7 Å². The Morgan fingerprint density at radius 3 is 2.81 bits per heavy atom. The molecule has 0 bridgehead atoms. The zero-order valence-electron chi connectivity index (χ0n) is 9.06. The van der Waals surface area contributed by atoms with E-state index < -0.39 is 0 Å². The molecule has 0 atom stereocenters. The van der Waals surface area contributed by atoms with Gasteiger partial charge in [0.15, 0.2) is 0 Å². The van der Waals surface area contributed by atoms with E-state index in [1.54, 1.807) is 17.4 Å². The van der Waals surface area contributed by atoms with Gasteiger partial charge in [-0.25, -0.2) is 4.98 Å². The summed E-state index contributed by atoms with van der Waals surface area (Å²) in [5.74, 6) is 0.934. The van der Waals surface area contributed by atoms with Gasteiger partial charge in [-0.1, -0.05) is 23.7 Å². The van der Waals surface area contributed by atoms with Crippen molar-refractivity contribution in [2.24, 2.45) is 0 Å². The van der Waals surface area contributed by atoms with Gasteiger partial charge in [0.25, 0.3) is 0 Å². The predicted octanol–water partition coefficient (Wildman–Crippen LogP) is 3.82. The predicted molar refractivity (Wildman–Crippen MR) is 70.3 cm³/mol. The van der Waals surface area contributed by atoms with Gasteiger partial charge in [0.05, 0.1) is 6.54 Å². The van der Waals surface area contributed by atoms with Gasteiger partial charge >= 0.3 is 0 Å². The first kappa shape index (κ1) is 11.4. The summed E-state index contributed by atoms with van der Waals surface area (Å²) in [7, 11) is 0. The number of rotatable bonds is 4. The molecule has 0 saturated heterocycles. The molecule has 0 amide bonds. The number of nitrogens with zero attached hydrogens (tertiary/aromatic N) is 2. The molecule has 84 valence electrons. The van der Waals surface area contributed by atoms with Crippen LogP contribution in [-0.4, -0.2) is 11.5 Å². The molecule has 0 aliphatic rings. The molecule has 0 unspecified atom stereocenters. The Morgan fingerprint density at radius 2 is 2.19 bits per heavy atom. The monoisotopic (exact) mass is 252 g/mol. The maximum atomic E-state index is 5.89. The fourth-order valence-electron chi connectivity index (χ4n) is 1.52. The number of thiophene rings is 1. The molecular weight excluding hydrogens is 240 g/mol. The fourth-order valence-corrected chi connectivity index (χ4v) is 2.40. The van der Waals surface area contributed by atoms with Gasteiger partial charge < -0.3 is 4.90 Å². The Labute approximate surface area is 105 Å². The van der Waals surface area contributed by atoms with Crippen molar-refractivity contribution in [3.63, 3.8) is 0 Å². The molecule has 0 spiro atoms. The first-order valence-corrected chi connectivity index (χ1v) is 6.45. The molecule has 0 fully saturated rings. The lowest BCUT2D eigenvalue weighted by molar-refractivity contribution is 0.823. The Bertz CT molecular complexity index is 442. The maximum Gasteiger partial charge on any atom is 0.131 e. The van der Waals surface area contributed by atoms with Crippen LogP contribution in [0.3, 0.4) is 0 Å². The summed E-state index contributed by atoms with van der Waals surface area (Å²) >= 11 is 7.66. The zero-order valence-corrected chi connectivity index (χ0v) is 10.6. The largest absolute Gasteiger partial charge is 0.352 e. The van der Waals surface area contributed by atoms with Crippen LogP contribution in [0.25, 0.3) is 0 Å². The third-order valence-corrected chi connectivity index (χ3v) is 3.40. The molecule has 2 aromatic rings. The normalized spacial score (nSPS) is 10.4. The first-order chi connectivity index (χ1) is 7.79. The third kappa shape index (κ3) is 2.74. The van der Waals surface area contributed by atoms with E-state index in [9.17, 15) is 0 Å². The molecule has 0 aliphatic carbocycles. The number of pyridine rings is 1. The van der Waals surface area contributed by atoms with Gasteiger partial charge in [0.1, 0.15) is 11.0 Å². The van der Waals surface area contributed by atoms with Crippen molar-refractivity contribution in [1.82, 2.24) is 4.98 Å². The smallest absolute Gasteiger partial charge is 0.131 e. The van der Waals surface area contributed by atoms with Gasteiger partial charge in [-0.05, 0) is 30.5 Å². The van der Waals surface area contributed by atoms with Gasteiger partial charge in [0.2, 0.25) is 0 Å². The van der Waals surface area contributed by atoms with E-state index in [1.165, 1.54) is 4.88 Å². The van der Waals surface area contributed by atoms with Crippen molar-refractivity contribution in [1.29, 1.82) is 0 Å². The minimum atomic E-state index is 0.544. The lowest BCUT2D eigenvalue weighted by Gasteiger charge is -2.21. The van der Waals surface area contributed by atoms with Gasteiger partial charge in [-0.3, -0.25) is 0 Å². The minimum absolute atomic E-state index is 0.544. The Balaban J connectivity index is 2.16. The third-order valence-electron chi connectivity index (χ3n) is 2.33. The van der Waals surface area contributed by atoms with Crippen molar-refractivity contribution in [2.45, 2.75) is 13.5 Å². The highest BCUT2D eigenvalue weighted by Crippen LogP contribution is 2.19. The number of halogens is 1. The second kappa shape index (κ2) is 5.32. The van der Waals surface area contributed by atoms with E-state index in [1.807, 2.05) is 12.1 Å². The number of aromatic nitrogens is 1. The molecule has 2 nitrogen and oxygen atoms in total. The highest BCUT2D eigenvalue weighted by Gasteiger charge is 2.07. The molecule has 2 heterocycles. The maximum absolute atomic E-state index is 5.89. The molecule has 0 N–H and O–H groups in total. The number of hydrogen-bond acceptors (Lipinski definition) is 3. The minimum Gasteiger partial charge on any atom is -0.352 e. The van der Waals surface area contributed by atoms with Gasteiger partial charge in [-0.15, -0.1) is 11.3 Å². The molecule has 16 heavy (non-hydrogen) atoms. The molecule has 2 aromatic heterocycles. The van der Waals surface area contributed by atoms with Crippen LogP contribution in [0.2, 0.25) is 5.15 Å².